The van der Waals surface area contributed by atoms with Crippen LogP contribution in [0.2, 0.25) is 0 Å². The summed E-state index contributed by atoms with van der Waals surface area (Å²) >= 11 is 0. The van der Waals surface area contributed by atoms with Gasteiger partial charge in [0.25, 0.3) is 0 Å². The van der Waals surface area contributed by atoms with Crippen molar-refractivity contribution in [2.75, 3.05) is 0 Å². The Kier molecular flexibility index (Phi) is 8.71. The molecule has 63 heavy (non-hydrogen) atoms. The highest BCUT2D eigenvalue weighted by Gasteiger charge is 2.20. The normalized spacial score (nSPS) is 11.5. The van der Waals surface area contributed by atoms with Gasteiger partial charge in [-0.05, 0) is 45.5 Å². The Balaban J connectivity index is 1.03. The fourth-order valence-electron chi connectivity index (χ4n) is 8.83. The zero-order valence-corrected chi connectivity index (χ0v) is 34.0. The highest BCUT2D eigenvalue weighted by Crippen LogP contribution is 2.41. The first-order chi connectivity index (χ1) is 31.2. The molecular weight excluding hydrogens is 769 g/mol. The molecule has 0 saturated carbocycles. The zero-order chi connectivity index (χ0) is 41.7. The molecule has 0 saturated heterocycles. The molecule has 6 nitrogen and oxygen atoms in total. The average molecular weight is 805 g/mol. The summed E-state index contributed by atoms with van der Waals surface area (Å²) in [5.74, 6) is 3.33. The molecule has 0 spiro atoms. The number of hydrogen-bond donors (Lipinski definition) is 0. The van der Waals surface area contributed by atoms with Crippen molar-refractivity contribution < 1.29 is 0 Å². The van der Waals surface area contributed by atoms with E-state index in [4.69, 9.17) is 24.9 Å². The quantitative estimate of drug-likeness (QED) is 0.160. The van der Waals surface area contributed by atoms with Crippen LogP contribution in [0.3, 0.4) is 0 Å². The molecule has 6 heteroatoms. The minimum absolute atomic E-state index is 0.611. The second-order valence-corrected chi connectivity index (χ2v) is 15.7. The summed E-state index contributed by atoms with van der Waals surface area (Å²) in [5.41, 5.74) is 9.82. The Bertz CT molecular complexity index is 3620. The summed E-state index contributed by atoms with van der Waals surface area (Å²) in [6.07, 6.45) is 0. The highest BCUT2D eigenvalue weighted by atomic mass is 15.1. The van der Waals surface area contributed by atoms with E-state index in [9.17, 15) is 0 Å². The number of rotatable bonds is 7. The van der Waals surface area contributed by atoms with Crippen molar-refractivity contribution in [3.05, 3.63) is 218 Å². The number of nitrogens with zero attached hydrogens (tertiary/aromatic N) is 6. The summed E-state index contributed by atoms with van der Waals surface area (Å²) < 4.78 is 2.34. The minimum atomic E-state index is 0.611. The lowest BCUT2D eigenvalue weighted by molar-refractivity contribution is 1.05. The Hall–Kier alpha value is -8.61. The van der Waals surface area contributed by atoms with E-state index in [-0.39, 0.29) is 0 Å². The molecule has 0 N–H and O–H groups in total. The lowest BCUT2D eigenvalue weighted by Gasteiger charge is -2.14. The predicted octanol–water partition coefficient (Wildman–Crippen LogP) is 14.1. The number of fused-ring (bicyclic) bond motifs is 7. The van der Waals surface area contributed by atoms with Crippen molar-refractivity contribution in [1.29, 1.82) is 0 Å². The Morgan fingerprint density at radius 1 is 0.286 bits per heavy atom. The summed E-state index contributed by atoms with van der Waals surface area (Å²) in [7, 11) is 0. The van der Waals surface area contributed by atoms with E-state index < -0.39 is 0 Å². The predicted molar refractivity (Wildman–Crippen MR) is 257 cm³/mol. The first-order valence-electron chi connectivity index (χ1n) is 21.1. The van der Waals surface area contributed by atoms with Crippen molar-refractivity contribution in [2.45, 2.75) is 0 Å². The Morgan fingerprint density at radius 3 is 1.38 bits per heavy atom. The molecule has 294 valence electrons. The largest absolute Gasteiger partial charge is 0.293 e. The van der Waals surface area contributed by atoms with Crippen LogP contribution in [0.1, 0.15) is 0 Å². The van der Waals surface area contributed by atoms with E-state index in [1.165, 1.54) is 32.3 Å². The van der Waals surface area contributed by atoms with Crippen LogP contribution in [0.25, 0.3) is 117 Å². The lowest BCUT2D eigenvalue weighted by atomic mass is 9.99. The number of aromatic nitrogens is 6. The molecule has 0 atom stereocenters. The maximum absolute atomic E-state index is 5.38. The van der Waals surface area contributed by atoms with Crippen LogP contribution in [0.4, 0.5) is 0 Å². The van der Waals surface area contributed by atoms with Crippen molar-refractivity contribution in [3.63, 3.8) is 0 Å². The van der Waals surface area contributed by atoms with Crippen LogP contribution in [0.5, 0.6) is 0 Å². The molecule has 12 rings (SSSR count). The summed E-state index contributed by atoms with van der Waals surface area (Å²) in [4.78, 5) is 25.6. The standard InChI is InChI=1S/C57H36N6/c1-4-18-39(19-5-1)54-58-49(36-51(59-54)63-50-33-31-37-16-10-12-28-46(37)52(50)48-32-30-38-17-11-13-29-47(38)53(48)63)44-26-14-24-42(34-44)43-25-15-27-45(35-43)57-61-55(40-20-6-2-7-21-40)60-56(62-57)41-22-8-3-9-23-41/h1-36H. The second-order valence-electron chi connectivity index (χ2n) is 15.7. The van der Waals surface area contributed by atoms with E-state index in [2.05, 4.69) is 144 Å². The van der Waals surface area contributed by atoms with Crippen LogP contribution in [-0.4, -0.2) is 29.5 Å². The summed E-state index contributed by atoms with van der Waals surface area (Å²) in [5, 5.41) is 7.16. The van der Waals surface area contributed by atoms with Gasteiger partial charge in [0.05, 0.1) is 16.7 Å². The average Bonchev–Trinajstić information content (AvgIpc) is 3.72. The lowest BCUT2D eigenvalue weighted by Crippen LogP contribution is -2.03. The van der Waals surface area contributed by atoms with E-state index in [0.717, 1.165) is 61.5 Å². The zero-order valence-electron chi connectivity index (χ0n) is 34.0. The minimum Gasteiger partial charge on any atom is -0.293 e. The molecule has 12 aromatic rings. The van der Waals surface area contributed by atoms with E-state index >= 15 is 0 Å². The molecule has 0 aliphatic heterocycles. The summed E-state index contributed by atoms with van der Waals surface area (Å²) in [6.45, 7) is 0. The molecule has 0 aliphatic carbocycles. The monoisotopic (exact) mass is 804 g/mol. The molecule has 9 aromatic carbocycles. The number of benzene rings is 9. The van der Waals surface area contributed by atoms with Gasteiger partial charge in [-0.1, -0.05) is 194 Å². The maximum Gasteiger partial charge on any atom is 0.164 e. The fraction of sp³-hybridized carbons (Fsp3) is 0. The molecule has 0 bridgehead atoms. The van der Waals surface area contributed by atoms with Crippen molar-refractivity contribution in [1.82, 2.24) is 29.5 Å². The van der Waals surface area contributed by atoms with Crippen molar-refractivity contribution in [2.24, 2.45) is 0 Å². The number of hydrogen-bond acceptors (Lipinski definition) is 5. The van der Waals surface area contributed by atoms with E-state index in [0.29, 0.717) is 23.3 Å². The third-order valence-corrected chi connectivity index (χ3v) is 11.8. The van der Waals surface area contributed by atoms with Crippen LogP contribution in [0.15, 0.2) is 218 Å². The van der Waals surface area contributed by atoms with Crippen LogP contribution >= 0.6 is 0 Å². The van der Waals surface area contributed by atoms with Crippen LogP contribution in [0, 0.1) is 0 Å². The van der Waals surface area contributed by atoms with Gasteiger partial charge in [0.15, 0.2) is 23.3 Å². The molecule has 0 unspecified atom stereocenters. The summed E-state index contributed by atoms with van der Waals surface area (Å²) in [6, 6.07) is 75.8. The molecule has 3 aromatic heterocycles. The molecule has 0 aliphatic rings. The second kappa shape index (κ2) is 15.1. The van der Waals surface area contributed by atoms with Crippen LogP contribution < -0.4 is 0 Å². The molecule has 3 heterocycles. The third-order valence-electron chi connectivity index (χ3n) is 11.8. The van der Waals surface area contributed by atoms with Gasteiger partial charge in [-0.3, -0.25) is 4.57 Å². The molecular formula is C57H36N6. The van der Waals surface area contributed by atoms with Gasteiger partial charge in [-0.15, -0.1) is 0 Å². The van der Waals surface area contributed by atoms with Gasteiger partial charge >= 0.3 is 0 Å². The molecule has 0 amide bonds. The topological polar surface area (TPSA) is 69.4 Å². The van der Waals surface area contributed by atoms with Gasteiger partial charge in [0.2, 0.25) is 0 Å². The van der Waals surface area contributed by atoms with Crippen molar-refractivity contribution in [3.8, 4) is 73.8 Å². The SMILES string of the molecule is c1ccc(-c2nc(-c3cccc(-c4cccc(-c5nc(-c6ccccc6)nc(-c6ccccc6)n5)c4)c3)cc(-n3c4ccc5ccccc5c4c4ccc5ccccc5c43)n2)cc1. The van der Waals surface area contributed by atoms with Gasteiger partial charge in [-0.25, -0.2) is 24.9 Å². The van der Waals surface area contributed by atoms with Gasteiger partial charge < -0.3 is 0 Å². The van der Waals surface area contributed by atoms with E-state index in [1.807, 2.05) is 78.9 Å². The first kappa shape index (κ1) is 36.3. The Labute approximate surface area is 363 Å². The maximum atomic E-state index is 5.38. The fourth-order valence-corrected chi connectivity index (χ4v) is 8.83. The molecule has 0 radical (unpaired) electrons. The smallest absolute Gasteiger partial charge is 0.164 e. The van der Waals surface area contributed by atoms with Gasteiger partial charge in [0.1, 0.15) is 5.82 Å². The van der Waals surface area contributed by atoms with Crippen molar-refractivity contribution >= 4 is 43.4 Å². The third kappa shape index (κ3) is 6.49. The highest BCUT2D eigenvalue weighted by molar-refractivity contribution is 6.25. The Morgan fingerprint density at radius 2 is 0.746 bits per heavy atom. The first-order valence-corrected chi connectivity index (χ1v) is 21.1. The van der Waals surface area contributed by atoms with Gasteiger partial charge in [0, 0.05) is 50.0 Å². The van der Waals surface area contributed by atoms with Gasteiger partial charge in [-0.2, -0.15) is 0 Å². The van der Waals surface area contributed by atoms with Crippen LogP contribution in [-0.2, 0) is 0 Å². The molecule has 0 fully saturated rings. The van der Waals surface area contributed by atoms with E-state index in [1.54, 1.807) is 0 Å².